The lowest BCUT2D eigenvalue weighted by molar-refractivity contribution is 0.203. The van der Waals surface area contributed by atoms with Gasteiger partial charge in [-0.3, -0.25) is 4.90 Å². The Labute approximate surface area is 156 Å². The molecule has 2 rings (SSSR count). The molecule has 0 aliphatic rings. The molecular formula is C20H30N4O2. The second kappa shape index (κ2) is 11.3. The van der Waals surface area contributed by atoms with Crippen molar-refractivity contribution in [3.63, 3.8) is 0 Å². The Morgan fingerprint density at radius 3 is 2.62 bits per heavy atom. The molecule has 142 valence electrons. The van der Waals surface area contributed by atoms with E-state index in [2.05, 4.69) is 53.8 Å². The first kappa shape index (κ1) is 20.0. The quantitative estimate of drug-likeness (QED) is 0.388. The monoisotopic (exact) mass is 358 g/mol. The molecule has 1 aromatic heterocycles. The fourth-order valence-corrected chi connectivity index (χ4v) is 2.66. The van der Waals surface area contributed by atoms with Crippen molar-refractivity contribution >= 4 is 5.96 Å². The highest BCUT2D eigenvalue weighted by Gasteiger charge is 2.07. The number of methoxy groups -OCH3 is 1. The van der Waals surface area contributed by atoms with Crippen LogP contribution in [0.1, 0.15) is 23.8 Å². The van der Waals surface area contributed by atoms with Gasteiger partial charge in [0.1, 0.15) is 5.76 Å². The van der Waals surface area contributed by atoms with Crippen LogP contribution in [0.15, 0.2) is 52.1 Å². The number of aliphatic imine (C=N–C) groups is 1. The number of nitrogens with one attached hydrogen (secondary N) is 2. The predicted octanol–water partition coefficient (Wildman–Crippen LogP) is 2.61. The highest BCUT2D eigenvalue weighted by molar-refractivity contribution is 5.79. The van der Waals surface area contributed by atoms with Crippen molar-refractivity contribution < 1.29 is 9.15 Å². The van der Waals surface area contributed by atoms with E-state index < -0.39 is 0 Å². The van der Waals surface area contributed by atoms with Crippen LogP contribution in [0.25, 0.3) is 0 Å². The minimum Gasteiger partial charge on any atom is -0.468 e. The molecule has 26 heavy (non-hydrogen) atoms. The van der Waals surface area contributed by atoms with Gasteiger partial charge in [-0.1, -0.05) is 24.3 Å². The average Bonchev–Trinajstić information content (AvgIpc) is 3.13. The Morgan fingerprint density at radius 2 is 1.92 bits per heavy atom. The number of ether oxygens (including phenoxy) is 1. The number of rotatable bonds is 10. The standard InChI is InChI=1S/C20H30N4O2/c1-4-21-20(22-11-13-25-3)23-14-17-8-5-6-9-18(17)15-24(2)16-19-10-7-12-26-19/h5-10,12H,4,11,13-16H2,1-3H3,(H2,21,22,23). The number of furan rings is 1. The maximum Gasteiger partial charge on any atom is 0.191 e. The summed E-state index contributed by atoms with van der Waals surface area (Å²) < 4.78 is 10.5. The van der Waals surface area contributed by atoms with Crippen LogP contribution in [-0.4, -0.2) is 44.7 Å². The van der Waals surface area contributed by atoms with Crippen LogP contribution < -0.4 is 10.6 Å². The topological polar surface area (TPSA) is 62.0 Å². The van der Waals surface area contributed by atoms with Crippen LogP contribution in [0.3, 0.4) is 0 Å². The third-order valence-corrected chi connectivity index (χ3v) is 3.91. The molecule has 0 saturated carbocycles. The summed E-state index contributed by atoms with van der Waals surface area (Å²) in [5.41, 5.74) is 2.50. The molecule has 0 radical (unpaired) electrons. The maximum absolute atomic E-state index is 5.43. The van der Waals surface area contributed by atoms with E-state index in [9.17, 15) is 0 Å². The van der Waals surface area contributed by atoms with Gasteiger partial charge in [-0.15, -0.1) is 0 Å². The second-order valence-electron chi connectivity index (χ2n) is 6.14. The average molecular weight is 358 g/mol. The van der Waals surface area contributed by atoms with E-state index >= 15 is 0 Å². The molecule has 0 saturated heterocycles. The number of hydrogen-bond acceptors (Lipinski definition) is 4. The summed E-state index contributed by atoms with van der Waals surface area (Å²) in [5.74, 6) is 1.78. The zero-order chi connectivity index (χ0) is 18.6. The Kier molecular flexibility index (Phi) is 8.72. The Bertz CT molecular complexity index is 656. The summed E-state index contributed by atoms with van der Waals surface area (Å²) >= 11 is 0. The zero-order valence-corrected chi connectivity index (χ0v) is 16.0. The fourth-order valence-electron chi connectivity index (χ4n) is 2.66. The molecule has 0 unspecified atom stereocenters. The van der Waals surface area contributed by atoms with Gasteiger partial charge < -0.3 is 19.8 Å². The molecule has 0 spiro atoms. The number of benzene rings is 1. The Morgan fingerprint density at radius 1 is 1.12 bits per heavy atom. The Hall–Kier alpha value is -2.31. The molecule has 6 heteroatoms. The third kappa shape index (κ3) is 6.90. The molecule has 0 fully saturated rings. The lowest BCUT2D eigenvalue weighted by Crippen LogP contribution is -2.38. The largest absolute Gasteiger partial charge is 0.468 e. The molecule has 0 atom stereocenters. The summed E-state index contributed by atoms with van der Waals surface area (Å²) in [7, 11) is 3.79. The van der Waals surface area contributed by atoms with Crippen molar-refractivity contribution in [2.24, 2.45) is 4.99 Å². The lowest BCUT2D eigenvalue weighted by atomic mass is 10.1. The normalized spacial score (nSPS) is 11.8. The predicted molar refractivity (Wildman–Crippen MR) is 105 cm³/mol. The van der Waals surface area contributed by atoms with Crippen LogP contribution in [0, 0.1) is 0 Å². The minimum absolute atomic E-state index is 0.632. The van der Waals surface area contributed by atoms with Gasteiger partial charge in [-0.2, -0.15) is 0 Å². The first-order valence-corrected chi connectivity index (χ1v) is 9.01. The van der Waals surface area contributed by atoms with E-state index in [0.29, 0.717) is 13.2 Å². The maximum atomic E-state index is 5.43. The van der Waals surface area contributed by atoms with Gasteiger partial charge in [0, 0.05) is 26.7 Å². The molecule has 0 amide bonds. The molecule has 1 aromatic carbocycles. The number of hydrogen-bond donors (Lipinski definition) is 2. The van der Waals surface area contributed by atoms with Crippen LogP contribution >= 0.6 is 0 Å². The number of guanidine groups is 1. The van der Waals surface area contributed by atoms with Gasteiger partial charge in [0.15, 0.2) is 5.96 Å². The van der Waals surface area contributed by atoms with Crippen molar-refractivity contribution in [2.75, 3.05) is 33.9 Å². The van der Waals surface area contributed by atoms with Gasteiger partial charge in [0.05, 0.1) is 26.0 Å². The van der Waals surface area contributed by atoms with Crippen molar-refractivity contribution in [3.8, 4) is 0 Å². The highest BCUT2D eigenvalue weighted by atomic mass is 16.5. The van der Waals surface area contributed by atoms with Gasteiger partial charge in [-0.05, 0) is 37.2 Å². The summed E-state index contributed by atoms with van der Waals surface area (Å²) in [6.45, 7) is 6.53. The van der Waals surface area contributed by atoms with E-state index in [1.54, 1.807) is 13.4 Å². The molecule has 0 bridgehead atoms. The summed E-state index contributed by atoms with van der Waals surface area (Å²) in [6, 6.07) is 12.4. The molecule has 0 aliphatic heterocycles. The fraction of sp³-hybridized carbons (Fsp3) is 0.450. The molecule has 2 aromatic rings. The SMILES string of the molecule is CCNC(=NCc1ccccc1CN(C)Cc1ccco1)NCCOC. The van der Waals surface area contributed by atoms with Crippen molar-refractivity contribution in [1.29, 1.82) is 0 Å². The van der Waals surface area contributed by atoms with Crippen molar-refractivity contribution in [3.05, 3.63) is 59.5 Å². The smallest absolute Gasteiger partial charge is 0.191 e. The van der Waals surface area contributed by atoms with Crippen LogP contribution in [-0.2, 0) is 24.4 Å². The van der Waals surface area contributed by atoms with Crippen LogP contribution in [0.2, 0.25) is 0 Å². The molecule has 6 nitrogen and oxygen atoms in total. The summed E-state index contributed by atoms with van der Waals surface area (Å²) in [4.78, 5) is 6.94. The van der Waals surface area contributed by atoms with Gasteiger partial charge in [-0.25, -0.2) is 4.99 Å². The van der Waals surface area contributed by atoms with Gasteiger partial charge >= 0.3 is 0 Å². The van der Waals surface area contributed by atoms with Crippen LogP contribution in [0.5, 0.6) is 0 Å². The van der Waals surface area contributed by atoms with E-state index in [1.165, 1.54) is 11.1 Å². The first-order chi connectivity index (χ1) is 12.7. The molecular weight excluding hydrogens is 328 g/mol. The molecule has 1 heterocycles. The third-order valence-electron chi connectivity index (χ3n) is 3.91. The molecule has 2 N–H and O–H groups in total. The number of nitrogens with zero attached hydrogens (tertiary/aromatic N) is 2. The van der Waals surface area contributed by atoms with E-state index in [1.807, 2.05) is 12.1 Å². The summed E-state index contributed by atoms with van der Waals surface area (Å²) in [5, 5.41) is 6.54. The van der Waals surface area contributed by atoms with E-state index in [0.717, 1.165) is 37.9 Å². The second-order valence-corrected chi connectivity index (χ2v) is 6.14. The van der Waals surface area contributed by atoms with Crippen LogP contribution in [0.4, 0.5) is 0 Å². The van der Waals surface area contributed by atoms with Gasteiger partial charge in [0.2, 0.25) is 0 Å². The minimum atomic E-state index is 0.632. The summed E-state index contributed by atoms with van der Waals surface area (Å²) in [6.07, 6.45) is 1.71. The Balaban J connectivity index is 1.98. The van der Waals surface area contributed by atoms with E-state index in [-0.39, 0.29) is 0 Å². The lowest BCUT2D eigenvalue weighted by Gasteiger charge is -2.17. The van der Waals surface area contributed by atoms with E-state index in [4.69, 9.17) is 14.1 Å². The van der Waals surface area contributed by atoms with Gasteiger partial charge in [0.25, 0.3) is 0 Å². The van der Waals surface area contributed by atoms with Crippen molar-refractivity contribution in [2.45, 2.75) is 26.6 Å². The zero-order valence-electron chi connectivity index (χ0n) is 16.0. The van der Waals surface area contributed by atoms with Crippen molar-refractivity contribution in [1.82, 2.24) is 15.5 Å². The first-order valence-electron chi connectivity index (χ1n) is 9.01. The highest BCUT2D eigenvalue weighted by Crippen LogP contribution is 2.14. The molecule has 0 aliphatic carbocycles.